The number of benzene rings is 1. The van der Waals surface area contributed by atoms with E-state index >= 15 is 0 Å². The number of carbonyl (C=O) groups excluding carboxylic acids is 1. The molecular weight excluding hydrogens is 218 g/mol. The van der Waals surface area contributed by atoms with Crippen LogP contribution in [0.25, 0.3) is 11.0 Å². The van der Waals surface area contributed by atoms with Gasteiger partial charge >= 0.3 is 0 Å². The highest BCUT2D eigenvalue weighted by molar-refractivity contribution is 5.74. The highest BCUT2D eigenvalue weighted by Gasteiger charge is 2.04. The van der Waals surface area contributed by atoms with Crippen LogP contribution < -0.4 is 0 Å². The molecule has 3 aromatic rings. The Balaban J connectivity index is 1.91. The first kappa shape index (κ1) is 9.71. The van der Waals surface area contributed by atoms with Gasteiger partial charge in [-0.1, -0.05) is 17.3 Å². The molecule has 2 aromatic heterocycles. The summed E-state index contributed by atoms with van der Waals surface area (Å²) in [6.07, 6.45) is 2.25. The van der Waals surface area contributed by atoms with Gasteiger partial charge in [-0.2, -0.15) is 0 Å². The number of aldehydes is 1. The largest absolute Gasteiger partial charge is 0.340 e. The number of nitrogens with zero attached hydrogens (tertiary/aromatic N) is 4. The molecule has 6 heteroatoms. The number of aromatic nitrogens is 5. The van der Waals surface area contributed by atoms with Crippen LogP contribution in [0.2, 0.25) is 0 Å². The van der Waals surface area contributed by atoms with E-state index in [2.05, 4.69) is 20.3 Å². The normalized spacial score (nSPS) is 10.8. The number of H-pyrrole nitrogens is 1. The molecule has 0 fully saturated rings. The quantitative estimate of drug-likeness (QED) is 0.677. The van der Waals surface area contributed by atoms with Gasteiger partial charge in [0, 0.05) is 0 Å². The third kappa shape index (κ3) is 1.80. The van der Waals surface area contributed by atoms with Crippen molar-refractivity contribution in [3.63, 3.8) is 0 Å². The molecule has 0 aliphatic rings. The lowest BCUT2D eigenvalue weighted by molar-refractivity contribution is 0.111. The first-order valence-electron chi connectivity index (χ1n) is 5.14. The molecule has 84 valence electrons. The second-order valence-electron chi connectivity index (χ2n) is 3.66. The molecule has 17 heavy (non-hydrogen) atoms. The molecule has 0 amide bonds. The lowest BCUT2D eigenvalue weighted by Gasteiger charge is -1.94. The van der Waals surface area contributed by atoms with Crippen LogP contribution in [0.4, 0.5) is 0 Å². The van der Waals surface area contributed by atoms with Gasteiger partial charge in [0.15, 0.2) is 6.29 Å². The van der Waals surface area contributed by atoms with E-state index in [1.807, 2.05) is 24.3 Å². The molecule has 0 spiro atoms. The predicted molar refractivity (Wildman–Crippen MR) is 60.6 cm³/mol. The summed E-state index contributed by atoms with van der Waals surface area (Å²) in [5.74, 6) is 0.786. The van der Waals surface area contributed by atoms with Crippen LogP contribution in [0.1, 0.15) is 16.3 Å². The van der Waals surface area contributed by atoms with Gasteiger partial charge in [-0.3, -0.25) is 4.79 Å². The molecule has 3 rings (SSSR count). The van der Waals surface area contributed by atoms with E-state index < -0.39 is 0 Å². The van der Waals surface area contributed by atoms with Crippen LogP contribution >= 0.6 is 0 Å². The number of para-hydroxylation sites is 2. The Kier molecular flexibility index (Phi) is 2.18. The van der Waals surface area contributed by atoms with Gasteiger partial charge in [0.2, 0.25) is 0 Å². The Morgan fingerprint density at radius 1 is 1.35 bits per heavy atom. The lowest BCUT2D eigenvalue weighted by Crippen LogP contribution is -2.01. The summed E-state index contributed by atoms with van der Waals surface area (Å²) < 4.78 is 1.57. The molecule has 0 unspecified atom stereocenters. The molecular formula is C11H9N5O. The number of carbonyl (C=O) groups is 1. The molecule has 6 nitrogen and oxygen atoms in total. The minimum atomic E-state index is 0.320. The number of hydrogen-bond donors (Lipinski definition) is 1. The summed E-state index contributed by atoms with van der Waals surface area (Å²) >= 11 is 0. The summed E-state index contributed by atoms with van der Waals surface area (Å²) in [6, 6.07) is 7.79. The summed E-state index contributed by atoms with van der Waals surface area (Å²) in [4.78, 5) is 18.1. The van der Waals surface area contributed by atoms with E-state index in [1.54, 1.807) is 10.9 Å². The molecule has 1 aromatic carbocycles. The minimum absolute atomic E-state index is 0.320. The molecule has 1 N–H and O–H groups in total. The average molecular weight is 227 g/mol. The van der Waals surface area contributed by atoms with Crippen molar-refractivity contribution in [1.29, 1.82) is 0 Å². The number of hydrogen-bond acceptors (Lipinski definition) is 4. The van der Waals surface area contributed by atoms with Crippen LogP contribution in [0.15, 0.2) is 30.5 Å². The van der Waals surface area contributed by atoms with Crippen molar-refractivity contribution >= 4 is 17.3 Å². The smallest absolute Gasteiger partial charge is 0.171 e. The number of imidazole rings is 1. The van der Waals surface area contributed by atoms with Gasteiger partial charge < -0.3 is 4.98 Å². The van der Waals surface area contributed by atoms with Gasteiger partial charge in [-0.25, -0.2) is 9.67 Å². The Morgan fingerprint density at radius 3 is 3.00 bits per heavy atom. The van der Waals surface area contributed by atoms with Gasteiger partial charge in [0.25, 0.3) is 0 Å². The second kappa shape index (κ2) is 3.82. The highest BCUT2D eigenvalue weighted by atomic mass is 16.1. The lowest BCUT2D eigenvalue weighted by atomic mass is 10.3. The molecule has 2 heterocycles. The Hall–Kier alpha value is -2.50. The fourth-order valence-corrected chi connectivity index (χ4v) is 1.68. The Labute approximate surface area is 96.3 Å². The van der Waals surface area contributed by atoms with Crippen molar-refractivity contribution in [2.75, 3.05) is 0 Å². The summed E-state index contributed by atoms with van der Waals surface area (Å²) in [5.41, 5.74) is 2.22. The van der Waals surface area contributed by atoms with E-state index in [-0.39, 0.29) is 0 Å². The highest BCUT2D eigenvalue weighted by Crippen LogP contribution is 2.10. The van der Waals surface area contributed by atoms with Crippen LogP contribution in [0.3, 0.4) is 0 Å². The number of nitrogens with one attached hydrogen (secondary N) is 1. The number of fused-ring (bicyclic) bond motifs is 1. The zero-order valence-corrected chi connectivity index (χ0v) is 8.87. The molecule has 0 atom stereocenters. The van der Waals surface area contributed by atoms with Crippen LogP contribution in [-0.4, -0.2) is 31.2 Å². The number of rotatable bonds is 3. The molecule has 0 saturated heterocycles. The fraction of sp³-hybridized carbons (Fsp3) is 0.0909. The van der Waals surface area contributed by atoms with Crippen molar-refractivity contribution in [2.45, 2.75) is 6.54 Å². The monoisotopic (exact) mass is 227 g/mol. The van der Waals surface area contributed by atoms with Crippen LogP contribution in [0.5, 0.6) is 0 Å². The van der Waals surface area contributed by atoms with Crippen LogP contribution in [0, 0.1) is 0 Å². The van der Waals surface area contributed by atoms with Gasteiger partial charge in [-0.15, -0.1) is 5.10 Å². The van der Waals surface area contributed by atoms with Gasteiger partial charge in [0.1, 0.15) is 18.1 Å². The third-order valence-electron chi connectivity index (χ3n) is 2.43. The Morgan fingerprint density at radius 2 is 2.24 bits per heavy atom. The molecule has 0 bridgehead atoms. The first-order valence-corrected chi connectivity index (χ1v) is 5.14. The van der Waals surface area contributed by atoms with Crippen molar-refractivity contribution in [3.05, 3.63) is 42.0 Å². The van der Waals surface area contributed by atoms with Crippen molar-refractivity contribution in [3.8, 4) is 0 Å². The van der Waals surface area contributed by atoms with E-state index in [0.717, 1.165) is 16.9 Å². The topological polar surface area (TPSA) is 76.5 Å². The standard InChI is InChI=1S/C11H9N5O/c17-7-8-5-16(15-14-8)6-11-12-9-3-1-2-4-10(9)13-11/h1-5,7H,6H2,(H,12,13). The minimum Gasteiger partial charge on any atom is -0.340 e. The van der Waals surface area contributed by atoms with Gasteiger partial charge in [0.05, 0.1) is 17.2 Å². The first-order chi connectivity index (χ1) is 8.35. The fourth-order valence-electron chi connectivity index (χ4n) is 1.68. The molecule has 0 radical (unpaired) electrons. The summed E-state index contributed by atoms with van der Waals surface area (Å²) in [7, 11) is 0. The van der Waals surface area contributed by atoms with E-state index in [1.165, 1.54) is 0 Å². The average Bonchev–Trinajstić information content (AvgIpc) is 2.94. The van der Waals surface area contributed by atoms with Gasteiger partial charge in [-0.05, 0) is 12.1 Å². The summed E-state index contributed by atoms with van der Waals surface area (Å²) in [6.45, 7) is 0.468. The van der Waals surface area contributed by atoms with E-state index in [0.29, 0.717) is 18.5 Å². The molecule has 0 aliphatic carbocycles. The maximum atomic E-state index is 10.5. The predicted octanol–water partition coefficient (Wildman–Crippen LogP) is 1.02. The third-order valence-corrected chi connectivity index (χ3v) is 2.43. The summed E-state index contributed by atoms with van der Waals surface area (Å²) in [5, 5.41) is 7.52. The number of aromatic amines is 1. The van der Waals surface area contributed by atoms with Crippen molar-refractivity contribution < 1.29 is 4.79 Å². The van der Waals surface area contributed by atoms with Crippen molar-refractivity contribution in [2.24, 2.45) is 0 Å². The zero-order chi connectivity index (χ0) is 11.7. The maximum absolute atomic E-state index is 10.5. The maximum Gasteiger partial charge on any atom is 0.171 e. The van der Waals surface area contributed by atoms with Crippen molar-refractivity contribution in [1.82, 2.24) is 25.0 Å². The Bertz CT molecular complexity index is 636. The van der Waals surface area contributed by atoms with E-state index in [9.17, 15) is 4.79 Å². The second-order valence-corrected chi connectivity index (χ2v) is 3.66. The SMILES string of the molecule is O=Cc1cn(Cc2nc3ccccc3[nH]2)nn1. The van der Waals surface area contributed by atoms with E-state index in [4.69, 9.17) is 0 Å². The molecule has 0 aliphatic heterocycles. The molecule has 0 saturated carbocycles. The zero-order valence-electron chi connectivity index (χ0n) is 8.87. The van der Waals surface area contributed by atoms with Crippen LogP contribution in [-0.2, 0) is 6.54 Å².